The molecule has 6 aliphatic rings. The minimum Gasteiger partial charge on any atom is -0.462 e. The van der Waals surface area contributed by atoms with E-state index in [-0.39, 0.29) is 57.1 Å². The molecule has 6 fully saturated rings. The van der Waals surface area contributed by atoms with Gasteiger partial charge in [-0.15, -0.1) is 0 Å². The maximum Gasteiger partial charge on any atom is 0.303 e. The number of ether oxygens (including phenoxy) is 3. The molecule has 0 aromatic heterocycles. The van der Waals surface area contributed by atoms with Crippen molar-refractivity contribution in [1.29, 1.82) is 0 Å². The van der Waals surface area contributed by atoms with Crippen LogP contribution in [-0.4, -0.2) is 58.3 Å². The van der Waals surface area contributed by atoms with Crippen LogP contribution in [-0.2, 0) is 23.8 Å². The van der Waals surface area contributed by atoms with Gasteiger partial charge in [-0.05, 0) is 105 Å². The molecule has 0 unspecified atom stereocenters. The number of fused-ring (bicyclic) bond motifs is 4. The molecule has 2 N–H and O–H groups in total. The first-order chi connectivity index (χ1) is 18.9. The number of rotatable bonds is 4. The average Bonchev–Trinajstić information content (AvgIpc) is 3.48. The predicted octanol–water partition coefficient (Wildman–Crippen LogP) is 5.43. The Morgan fingerprint density at radius 2 is 1.59 bits per heavy atom. The molecule has 5 aliphatic carbocycles. The van der Waals surface area contributed by atoms with Crippen LogP contribution in [0.15, 0.2) is 0 Å². The van der Waals surface area contributed by atoms with Crippen molar-refractivity contribution in [2.75, 3.05) is 0 Å². The van der Waals surface area contributed by atoms with Gasteiger partial charge in [0, 0.05) is 24.7 Å². The van der Waals surface area contributed by atoms with E-state index in [0.717, 1.165) is 32.1 Å². The summed E-state index contributed by atoms with van der Waals surface area (Å²) < 4.78 is 18.3. The number of aliphatic hydroxyl groups is 2. The highest BCUT2D eigenvalue weighted by molar-refractivity contribution is 5.66. The smallest absolute Gasteiger partial charge is 0.303 e. The third-order valence-corrected chi connectivity index (χ3v) is 14.4. The van der Waals surface area contributed by atoms with Crippen molar-refractivity contribution < 1.29 is 34.0 Å². The van der Waals surface area contributed by atoms with Crippen LogP contribution in [0.25, 0.3) is 0 Å². The topological polar surface area (TPSA) is 102 Å². The molecule has 7 heteroatoms. The Balaban J connectivity index is 1.32. The molecule has 1 aliphatic heterocycles. The van der Waals surface area contributed by atoms with Gasteiger partial charge in [0.15, 0.2) is 6.10 Å². The summed E-state index contributed by atoms with van der Waals surface area (Å²) in [4.78, 5) is 23.9. The molecule has 7 nitrogen and oxygen atoms in total. The highest BCUT2D eigenvalue weighted by atomic mass is 16.6. The van der Waals surface area contributed by atoms with Gasteiger partial charge < -0.3 is 24.4 Å². The number of aliphatic hydroxyl groups excluding tert-OH is 1. The summed E-state index contributed by atoms with van der Waals surface area (Å²) in [6.45, 7) is 17.9. The quantitative estimate of drug-likeness (QED) is 0.432. The van der Waals surface area contributed by atoms with Crippen molar-refractivity contribution >= 4 is 11.9 Å². The van der Waals surface area contributed by atoms with E-state index < -0.39 is 29.9 Å². The second-order valence-corrected chi connectivity index (χ2v) is 16.8. The Morgan fingerprint density at radius 3 is 2.20 bits per heavy atom. The van der Waals surface area contributed by atoms with Crippen LogP contribution in [0.2, 0.25) is 0 Å². The van der Waals surface area contributed by atoms with E-state index >= 15 is 0 Å². The lowest BCUT2D eigenvalue weighted by atomic mass is 9.41. The van der Waals surface area contributed by atoms with Crippen LogP contribution in [0.5, 0.6) is 0 Å². The van der Waals surface area contributed by atoms with Gasteiger partial charge in [0.05, 0.1) is 23.9 Å². The summed E-state index contributed by atoms with van der Waals surface area (Å²) >= 11 is 0. The number of hydrogen-bond donors (Lipinski definition) is 2. The Hall–Kier alpha value is -1.18. The van der Waals surface area contributed by atoms with Crippen LogP contribution >= 0.6 is 0 Å². The summed E-state index contributed by atoms with van der Waals surface area (Å²) in [5.74, 6) is 0.799. The van der Waals surface area contributed by atoms with Crippen molar-refractivity contribution in [2.24, 2.45) is 50.7 Å². The fourth-order valence-electron chi connectivity index (χ4n) is 12.8. The maximum atomic E-state index is 12.4. The van der Waals surface area contributed by atoms with Crippen molar-refractivity contribution in [2.45, 2.75) is 150 Å². The largest absolute Gasteiger partial charge is 0.462 e. The molecule has 0 aromatic rings. The Kier molecular flexibility index (Phi) is 6.51. The molecular weight excluding hydrogens is 520 g/mol. The Morgan fingerprint density at radius 1 is 0.951 bits per heavy atom. The van der Waals surface area contributed by atoms with Crippen LogP contribution < -0.4 is 0 Å². The molecule has 0 bridgehead atoms. The Labute approximate surface area is 246 Å². The van der Waals surface area contributed by atoms with E-state index in [4.69, 9.17) is 14.2 Å². The first-order valence-corrected chi connectivity index (χ1v) is 16.3. The first kappa shape index (κ1) is 29.9. The molecule has 1 saturated heterocycles. The molecule has 0 aromatic carbocycles. The monoisotopic (exact) mass is 574 g/mol. The first-order valence-electron chi connectivity index (χ1n) is 16.3. The normalized spacial score (nSPS) is 52.1. The van der Waals surface area contributed by atoms with E-state index in [1.54, 1.807) is 13.8 Å². The van der Waals surface area contributed by atoms with Crippen molar-refractivity contribution in [3.63, 3.8) is 0 Å². The number of esters is 2. The minimum atomic E-state index is -1.26. The molecule has 232 valence electrons. The molecule has 5 saturated carbocycles. The molecule has 13 atom stereocenters. The molecule has 41 heavy (non-hydrogen) atoms. The zero-order chi connectivity index (χ0) is 30.1. The zero-order valence-corrected chi connectivity index (χ0v) is 26.8. The van der Waals surface area contributed by atoms with Gasteiger partial charge in [0.2, 0.25) is 0 Å². The zero-order valence-electron chi connectivity index (χ0n) is 26.8. The lowest BCUT2D eigenvalue weighted by molar-refractivity contribution is -0.216. The van der Waals surface area contributed by atoms with Gasteiger partial charge in [0.25, 0.3) is 0 Å². The highest BCUT2D eigenvalue weighted by Gasteiger charge is 2.84. The highest BCUT2D eigenvalue weighted by Crippen LogP contribution is 2.89. The van der Waals surface area contributed by atoms with E-state index in [9.17, 15) is 19.8 Å². The number of hydrogen-bond acceptors (Lipinski definition) is 7. The van der Waals surface area contributed by atoms with E-state index in [2.05, 4.69) is 34.6 Å². The molecular formula is C34H54O7. The Bertz CT molecular complexity index is 1110. The predicted molar refractivity (Wildman–Crippen MR) is 154 cm³/mol. The van der Waals surface area contributed by atoms with Crippen LogP contribution in [0.1, 0.15) is 114 Å². The summed E-state index contributed by atoms with van der Waals surface area (Å²) in [5.41, 5.74) is -1.17. The standard InChI is InChI=1S/C34H54O7/c1-18-16-21(28(30(6,7)38)40-20(3)36)41-26-25(18)31(8)14-15-34-17-33(34)13-12-24(39-19(2)35)29(4,5)22(33)10-11-23(34)32(31,9)27(26)37/h18,21-28,37-38H,10-17H2,1-9H3/t18-,21-,22+,23+,24+,25+,26+,27+,28+,31-,32-,33-,34+/m1/s1. The third-order valence-electron chi connectivity index (χ3n) is 14.4. The second kappa shape index (κ2) is 8.94. The van der Waals surface area contributed by atoms with Gasteiger partial charge in [0.1, 0.15) is 6.10 Å². The summed E-state index contributed by atoms with van der Waals surface area (Å²) in [6, 6.07) is 0. The lowest BCUT2D eigenvalue weighted by Gasteiger charge is -2.63. The van der Waals surface area contributed by atoms with E-state index in [0.29, 0.717) is 18.3 Å². The van der Waals surface area contributed by atoms with Gasteiger partial charge in [-0.3, -0.25) is 9.59 Å². The van der Waals surface area contributed by atoms with Crippen molar-refractivity contribution in [1.82, 2.24) is 0 Å². The van der Waals surface area contributed by atoms with Gasteiger partial charge in [-0.25, -0.2) is 0 Å². The van der Waals surface area contributed by atoms with Gasteiger partial charge >= 0.3 is 11.9 Å². The molecule has 2 spiro atoms. The van der Waals surface area contributed by atoms with Crippen molar-refractivity contribution in [3.05, 3.63) is 0 Å². The molecule has 1 heterocycles. The molecule has 0 radical (unpaired) electrons. The van der Waals surface area contributed by atoms with Crippen LogP contribution in [0, 0.1) is 50.7 Å². The lowest BCUT2D eigenvalue weighted by Crippen LogP contribution is -2.60. The van der Waals surface area contributed by atoms with Crippen molar-refractivity contribution in [3.8, 4) is 0 Å². The van der Waals surface area contributed by atoms with Gasteiger partial charge in [-0.2, -0.15) is 0 Å². The van der Waals surface area contributed by atoms with Gasteiger partial charge in [-0.1, -0.05) is 34.6 Å². The van der Waals surface area contributed by atoms with E-state index in [1.807, 2.05) is 0 Å². The SMILES string of the molecule is CC(=O)O[C@H]1CC[C@]23C[C@]24CC[C@]2(C)[C@@H]5[C@H](O[C@@H]([C@H](OC(C)=O)C(C)(C)O)C[C@H]5C)[C@H](O)[C@@]2(C)[C@@H]4CC[C@H]3C1(C)C. The van der Waals surface area contributed by atoms with Crippen LogP contribution in [0.3, 0.4) is 0 Å². The average molecular weight is 575 g/mol. The molecule has 0 amide bonds. The number of carbonyl (C=O) groups is 2. The minimum absolute atomic E-state index is 0.0265. The van der Waals surface area contributed by atoms with Crippen LogP contribution in [0.4, 0.5) is 0 Å². The summed E-state index contributed by atoms with van der Waals surface area (Å²) in [6.07, 6.45) is 6.17. The third kappa shape index (κ3) is 3.73. The summed E-state index contributed by atoms with van der Waals surface area (Å²) in [7, 11) is 0. The van der Waals surface area contributed by atoms with E-state index in [1.165, 1.54) is 26.7 Å². The maximum absolute atomic E-state index is 12.4. The number of carbonyl (C=O) groups excluding carboxylic acids is 2. The fraction of sp³-hybridized carbons (Fsp3) is 0.941. The second-order valence-electron chi connectivity index (χ2n) is 16.8. The summed E-state index contributed by atoms with van der Waals surface area (Å²) in [5, 5.41) is 23.3. The fourth-order valence-corrected chi connectivity index (χ4v) is 12.8. The molecule has 6 rings (SSSR count).